The maximum absolute atomic E-state index is 11.9. The third-order valence-electron chi connectivity index (χ3n) is 2.34. The molecular formula is C10H23NO2S. The first-order valence-corrected chi connectivity index (χ1v) is 6.85. The largest absolute Gasteiger partial charge is 0.313 e. The van der Waals surface area contributed by atoms with Crippen LogP contribution >= 0.6 is 0 Å². The smallest absolute Gasteiger partial charge is 0.156 e. The fraction of sp³-hybridized carbons (Fsp3) is 1.00. The van der Waals surface area contributed by atoms with Crippen molar-refractivity contribution in [2.75, 3.05) is 12.3 Å². The fourth-order valence-electron chi connectivity index (χ4n) is 1.12. The van der Waals surface area contributed by atoms with Gasteiger partial charge < -0.3 is 5.32 Å². The summed E-state index contributed by atoms with van der Waals surface area (Å²) in [5.74, 6) is 0.237. The molecule has 0 radical (unpaired) electrons. The maximum atomic E-state index is 11.9. The van der Waals surface area contributed by atoms with Crippen molar-refractivity contribution in [2.45, 2.75) is 51.8 Å². The molecule has 0 aromatic carbocycles. The molecule has 1 unspecified atom stereocenters. The van der Waals surface area contributed by atoms with Crippen molar-refractivity contribution in [2.24, 2.45) is 0 Å². The number of sulfone groups is 1. The zero-order valence-electron chi connectivity index (χ0n) is 9.92. The van der Waals surface area contributed by atoms with Crippen LogP contribution in [-0.4, -0.2) is 31.5 Å². The average Bonchev–Trinajstić information content (AvgIpc) is 2.01. The van der Waals surface area contributed by atoms with Gasteiger partial charge in [0.1, 0.15) is 0 Å². The second-order valence-corrected chi connectivity index (χ2v) is 7.34. The Morgan fingerprint density at radius 3 is 2.00 bits per heavy atom. The van der Waals surface area contributed by atoms with E-state index in [9.17, 15) is 8.42 Å². The summed E-state index contributed by atoms with van der Waals surface area (Å²) >= 11 is 0. The van der Waals surface area contributed by atoms with Crippen LogP contribution in [0.25, 0.3) is 0 Å². The molecule has 0 aliphatic rings. The molecule has 0 rings (SSSR count). The summed E-state index contributed by atoms with van der Waals surface area (Å²) in [6.45, 7) is 10.1. The van der Waals surface area contributed by atoms with E-state index in [1.807, 2.05) is 13.8 Å². The molecule has 0 aliphatic heterocycles. The third kappa shape index (κ3) is 3.96. The SMILES string of the molecule is CCNC(CC)CS(=O)(=O)C(C)(C)C. The third-order valence-corrected chi connectivity index (χ3v) is 5.05. The standard InChI is InChI=1S/C10H23NO2S/c1-6-9(11-7-2)8-14(12,13)10(3,4)5/h9,11H,6-8H2,1-5H3. The molecule has 1 atom stereocenters. The first kappa shape index (κ1) is 13.9. The van der Waals surface area contributed by atoms with Gasteiger partial charge in [0.05, 0.1) is 10.5 Å². The molecule has 0 saturated carbocycles. The number of nitrogens with one attached hydrogen (secondary N) is 1. The predicted molar refractivity (Wildman–Crippen MR) is 61.3 cm³/mol. The summed E-state index contributed by atoms with van der Waals surface area (Å²) in [4.78, 5) is 0. The van der Waals surface area contributed by atoms with Gasteiger partial charge in [-0.3, -0.25) is 0 Å². The average molecular weight is 221 g/mol. The molecule has 3 nitrogen and oxygen atoms in total. The number of hydrogen-bond acceptors (Lipinski definition) is 3. The van der Waals surface area contributed by atoms with Crippen molar-refractivity contribution in [1.29, 1.82) is 0 Å². The molecule has 14 heavy (non-hydrogen) atoms. The van der Waals surface area contributed by atoms with Gasteiger partial charge >= 0.3 is 0 Å². The van der Waals surface area contributed by atoms with E-state index in [1.165, 1.54) is 0 Å². The van der Waals surface area contributed by atoms with E-state index in [0.717, 1.165) is 13.0 Å². The van der Waals surface area contributed by atoms with Gasteiger partial charge in [-0.25, -0.2) is 8.42 Å². The molecule has 4 heteroatoms. The van der Waals surface area contributed by atoms with Crippen molar-refractivity contribution in [1.82, 2.24) is 5.32 Å². The Morgan fingerprint density at radius 2 is 1.71 bits per heavy atom. The van der Waals surface area contributed by atoms with Crippen molar-refractivity contribution in [3.05, 3.63) is 0 Å². The van der Waals surface area contributed by atoms with Gasteiger partial charge in [-0.2, -0.15) is 0 Å². The van der Waals surface area contributed by atoms with Crippen LogP contribution in [0.2, 0.25) is 0 Å². The Morgan fingerprint density at radius 1 is 1.21 bits per heavy atom. The molecule has 0 saturated heterocycles. The van der Waals surface area contributed by atoms with Gasteiger partial charge in [0.25, 0.3) is 0 Å². The predicted octanol–water partition coefficient (Wildman–Crippen LogP) is 1.59. The minimum Gasteiger partial charge on any atom is -0.313 e. The lowest BCUT2D eigenvalue weighted by atomic mass is 10.2. The highest BCUT2D eigenvalue weighted by molar-refractivity contribution is 7.92. The molecular weight excluding hydrogens is 198 g/mol. The number of hydrogen-bond donors (Lipinski definition) is 1. The van der Waals surface area contributed by atoms with E-state index in [2.05, 4.69) is 5.32 Å². The summed E-state index contributed by atoms with van der Waals surface area (Å²) in [5, 5.41) is 3.18. The Hall–Kier alpha value is -0.0900. The lowest BCUT2D eigenvalue weighted by Crippen LogP contribution is -2.41. The van der Waals surface area contributed by atoms with Crippen molar-refractivity contribution in [3.63, 3.8) is 0 Å². The maximum Gasteiger partial charge on any atom is 0.156 e. The molecule has 0 heterocycles. The molecule has 0 aliphatic carbocycles. The van der Waals surface area contributed by atoms with Crippen LogP contribution in [0.3, 0.4) is 0 Å². The van der Waals surface area contributed by atoms with Gasteiger partial charge in [0, 0.05) is 6.04 Å². The highest BCUT2D eigenvalue weighted by Gasteiger charge is 2.30. The van der Waals surface area contributed by atoms with Crippen LogP contribution in [0.1, 0.15) is 41.0 Å². The molecule has 1 N–H and O–H groups in total. The molecule has 0 amide bonds. The molecule has 86 valence electrons. The highest BCUT2D eigenvalue weighted by atomic mass is 32.2. The van der Waals surface area contributed by atoms with Crippen molar-refractivity contribution >= 4 is 9.84 Å². The Labute approximate surface area is 88.2 Å². The van der Waals surface area contributed by atoms with E-state index in [1.54, 1.807) is 20.8 Å². The van der Waals surface area contributed by atoms with Gasteiger partial charge in [-0.05, 0) is 33.7 Å². The molecule has 0 spiro atoms. The zero-order chi connectivity index (χ0) is 11.4. The van der Waals surface area contributed by atoms with Gasteiger partial charge in [-0.1, -0.05) is 13.8 Å². The second kappa shape index (κ2) is 5.12. The van der Waals surface area contributed by atoms with Crippen LogP contribution < -0.4 is 5.32 Å². The highest BCUT2D eigenvalue weighted by Crippen LogP contribution is 2.17. The van der Waals surface area contributed by atoms with Gasteiger partial charge in [0.15, 0.2) is 9.84 Å². The van der Waals surface area contributed by atoms with Gasteiger partial charge in [-0.15, -0.1) is 0 Å². The van der Waals surface area contributed by atoms with E-state index in [0.29, 0.717) is 0 Å². The monoisotopic (exact) mass is 221 g/mol. The van der Waals surface area contributed by atoms with E-state index >= 15 is 0 Å². The van der Waals surface area contributed by atoms with Crippen LogP contribution in [0.15, 0.2) is 0 Å². The topological polar surface area (TPSA) is 46.2 Å². The quantitative estimate of drug-likeness (QED) is 0.767. The minimum absolute atomic E-state index is 0.0872. The van der Waals surface area contributed by atoms with Crippen LogP contribution in [0.5, 0.6) is 0 Å². The first-order chi connectivity index (χ1) is 6.24. The second-order valence-electron chi connectivity index (χ2n) is 4.56. The number of rotatable bonds is 5. The van der Waals surface area contributed by atoms with Crippen LogP contribution in [0, 0.1) is 0 Å². The van der Waals surface area contributed by atoms with E-state index in [4.69, 9.17) is 0 Å². The lowest BCUT2D eigenvalue weighted by molar-refractivity contribution is 0.517. The summed E-state index contributed by atoms with van der Waals surface area (Å²) < 4.78 is 23.1. The summed E-state index contributed by atoms with van der Waals surface area (Å²) in [7, 11) is -2.99. The van der Waals surface area contributed by atoms with E-state index < -0.39 is 14.6 Å². The van der Waals surface area contributed by atoms with E-state index in [-0.39, 0.29) is 11.8 Å². The van der Waals surface area contributed by atoms with Crippen molar-refractivity contribution < 1.29 is 8.42 Å². The Bertz CT molecular complexity index is 252. The lowest BCUT2D eigenvalue weighted by Gasteiger charge is -2.23. The zero-order valence-corrected chi connectivity index (χ0v) is 10.7. The summed E-state index contributed by atoms with van der Waals surface area (Å²) in [6.07, 6.45) is 0.850. The van der Waals surface area contributed by atoms with Crippen molar-refractivity contribution in [3.8, 4) is 0 Å². The van der Waals surface area contributed by atoms with Crippen LogP contribution in [0.4, 0.5) is 0 Å². The summed E-state index contributed by atoms with van der Waals surface area (Å²) in [5.41, 5.74) is 0. The molecule has 0 bridgehead atoms. The summed E-state index contributed by atoms with van der Waals surface area (Å²) in [6, 6.07) is 0.0872. The normalized spacial score (nSPS) is 15.5. The fourth-order valence-corrected chi connectivity index (χ4v) is 2.51. The Balaban J connectivity index is 4.49. The molecule has 0 aromatic rings. The molecule has 0 aromatic heterocycles. The van der Waals surface area contributed by atoms with Crippen LogP contribution in [-0.2, 0) is 9.84 Å². The van der Waals surface area contributed by atoms with Gasteiger partial charge in [0.2, 0.25) is 0 Å². The Kier molecular flexibility index (Phi) is 5.09. The minimum atomic E-state index is -2.99. The molecule has 0 fully saturated rings. The first-order valence-electron chi connectivity index (χ1n) is 5.20.